The van der Waals surface area contributed by atoms with Crippen LogP contribution in [0.3, 0.4) is 0 Å². The minimum Gasteiger partial charge on any atom is -0.394 e. The molecule has 9 nitrogen and oxygen atoms in total. The van der Waals surface area contributed by atoms with E-state index in [1.165, 1.54) is 6.33 Å². The summed E-state index contributed by atoms with van der Waals surface area (Å²) < 4.78 is 20.0. The number of hydrogen-bond acceptors (Lipinski definition) is 7. The number of rotatable bonds is 3. The summed E-state index contributed by atoms with van der Waals surface area (Å²) >= 11 is 0. The number of aryl methyl sites for hydroxylation is 1. The first-order chi connectivity index (χ1) is 13.9. The number of imidazole rings is 1. The standard InChI is InChI=1S/C20H22N4O5/c1-10-4-6-11(7-5-10)16-23-13-17(21-9-22-18(13)26)24(16)19-15-14(12(8-25)27-19)28-20(2,3)29-15/h4-7,9,12,14-15,19,25H,8H2,1-3H3,(H,21,22,26). The average molecular weight is 398 g/mol. The molecule has 29 heavy (non-hydrogen) atoms. The predicted molar refractivity (Wildman–Crippen MR) is 103 cm³/mol. The lowest BCUT2D eigenvalue weighted by molar-refractivity contribution is -0.199. The first kappa shape index (κ1) is 18.4. The van der Waals surface area contributed by atoms with E-state index in [2.05, 4.69) is 15.0 Å². The highest BCUT2D eigenvalue weighted by Gasteiger charge is 2.56. The molecule has 0 aliphatic carbocycles. The minimum atomic E-state index is -0.809. The van der Waals surface area contributed by atoms with Gasteiger partial charge in [-0.05, 0) is 20.8 Å². The second-order valence-electron chi connectivity index (χ2n) is 7.89. The van der Waals surface area contributed by atoms with Crippen LogP contribution in [0.15, 0.2) is 35.4 Å². The number of nitrogens with zero attached hydrogens (tertiary/aromatic N) is 3. The number of aromatic nitrogens is 4. The summed E-state index contributed by atoms with van der Waals surface area (Å²) in [7, 11) is 0. The van der Waals surface area contributed by atoms with Gasteiger partial charge in [0.15, 0.2) is 23.2 Å². The Morgan fingerprint density at radius 3 is 2.66 bits per heavy atom. The van der Waals surface area contributed by atoms with Gasteiger partial charge in [0.05, 0.1) is 12.9 Å². The molecule has 0 amide bonds. The van der Waals surface area contributed by atoms with Gasteiger partial charge in [-0.25, -0.2) is 9.97 Å². The van der Waals surface area contributed by atoms with Gasteiger partial charge in [0, 0.05) is 5.56 Å². The molecule has 4 unspecified atom stereocenters. The Morgan fingerprint density at radius 2 is 1.93 bits per heavy atom. The Kier molecular flexibility index (Phi) is 4.11. The van der Waals surface area contributed by atoms with Crippen molar-refractivity contribution in [1.29, 1.82) is 0 Å². The molecule has 0 radical (unpaired) electrons. The molecule has 5 rings (SSSR count). The third-order valence-corrected chi connectivity index (χ3v) is 5.35. The summed E-state index contributed by atoms with van der Waals surface area (Å²) in [5, 5.41) is 9.82. The molecule has 0 spiro atoms. The van der Waals surface area contributed by atoms with Crippen molar-refractivity contribution in [3.63, 3.8) is 0 Å². The molecule has 2 aliphatic heterocycles. The van der Waals surface area contributed by atoms with Gasteiger partial charge >= 0.3 is 0 Å². The second-order valence-corrected chi connectivity index (χ2v) is 7.89. The third kappa shape index (κ3) is 2.89. The minimum absolute atomic E-state index is 0.211. The molecule has 0 saturated carbocycles. The fraction of sp³-hybridized carbons (Fsp3) is 0.450. The normalized spacial score (nSPS) is 28.1. The van der Waals surface area contributed by atoms with Crippen LogP contribution in [0.2, 0.25) is 0 Å². The van der Waals surface area contributed by atoms with Crippen LogP contribution in [0.4, 0.5) is 0 Å². The van der Waals surface area contributed by atoms with Crippen molar-refractivity contribution in [2.24, 2.45) is 0 Å². The van der Waals surface area contributed by atoms with E-state index >= 15 is 0 Å². The molecule has 0 bridgehead atoms. The van der Waals surface area contributed by atoms with E-state index in [0.29, 0.717) is 11.5 Å². The van der Waals surface area contributed by atoms with Crippen LogP contribution in [0, 0.1) is 6.92 Å². The third-order valence-electron chi connectivity index (χ3n) is 5.35. The predicted octanol–water partition coefficient (Wildman–Crippen LogP) is 1.50. The summed E-state index contributed by atoms with van der Waals surface area (Å²) in [4.78, 5) is 23.9. The number of nitrogens with one attached hydrogen (secondary N) is 1. The van der Waals surface area contributed by atoms with Gasteiger partial charge in [-0.2, -0.15) is 0 Å². The Morgan fingerprint density at radius 1 is 1.21 bits per heavy atom. The van der Waals surface area contributed by atoms with Crippen LogP contribution in [0.25, 0.3) is 22.6 Å². The molecule has 3 aromatic rings. The molecule has 2 N–H and O–H groups in total. The highest BCUT2D eigenvalue weighted by molar-refractivity contribution is 5.76. The highest BCUT2D eigenvalue weighted by Crippen LogP contribution is 2.44. The van der Waals surface area contributed by atoms with Crippen LogP contribution in [-0.4, -0.2) is 55.3 Å². The smallest absolute Gasteiger partial charge is 0.278 e. The van der Waals surface area contributed by atoms with Crippen LogP contribution in [-0.2, 0) is 14.2 Å². The zero-order valence-corrected chi connectivity index (χ0v) is 16.3. The van der Waals surface area contributed by atoms with Crippen molar-refractivity contribution < 1.29 is 19.3 Å². The van der Waals surface area contributed by atoms with Gasteiger partial charge in [0.2, 0.25) is 0 Å². The first-order valence-corrected chi connectivity index (χ1v) is 9.52. The van der Waals surface area contributed by atoms with Gasteiger partial charge in [-0.1, -0.05) is 29.8 Å². The first-order valence-electron chi connectivity index (χ1n) is 9.52. The number of aliphatic hydroxyl groups is 1. The van der Waals surface area contributed by atoms with E-state index < -0.39 is 30.3 Å². The summed E-state index contributed by atoms with van der Waals surface area (Å²) in [6.45, 7) is 5.44. The van der Waals surface area contributed by atoms with E-state index in [-0.39, 0.29) is 17.7 Å². The van der Waals surface area contributed by atoms with Crippen molar-refractivity contribution in [3.8, 4) is 11.4 Å². The molecule has 2 aromatic heterocycles. The quantitative estimate of drug-likeness (QED) is 0.688. The maximum atomic E-state index is 12.4. The van der Waals surface area contributed by atoms with Crippen LogP contribution >= 0.6 is 0 Å². The fourth-order valence-electron chi connectivity index (χ4n) is 4.08. The number of benzene rings is 1. The SMILES string of the molecule is Cc1ccc(-c2nc3c(=O)[nH]cnc3n2C2OC(CO)C3OC(C)(C)OC32)cc1. The zero-order chi connectivity index (χ0) is 20.3. The molecule has 2 fully saturated rings. The van der Waals surface area contributed by atoms with Crippen LogP contribution < -0.4 is 5.56 Å². The number of ether oxygens (including phenoxy) is 3. The van der Waals surface area contributed by atoms with Crippen molar-refractivity contribution in [2.75, 3.05) is 6.61 Å². The lowest BCUT2D eigenvalue weighted by atomic mass is 10.1. The molecular weight excluding hydrogens is 376 g/mol. The molecule has 4 heterocycles. The van der Waals surface area contributed by atoms with Gasteiger partial charge in [-0.3, -0.25) is 9.36 Å². The van der Waals surface area contributed by atoms with E-state index in [0.717, 1.165) is 11.1 Å². The molecular formula is C20H22N4O5. The maximum absolute atomic E-state index is 12.4. The number of fused-ring (bicyclic) bond motifs is 2. The number of aliphatic hydroxyl groups excluding tert-OH is 1. The van der Waals surface area contributed by atoms with Gasteiger partial charge < -0.3 is 24.3 Å². The number of aromatic amines is 1. The summed E-state index contributed by atoms with van der Waals surface area (Å²) in [6, 6.07) is 7.83. The van der Waals surface area contributed by atoms with E-state index in [4.69, 9.17) is 14.2 Å². The fourth-order valence-corrected chi connectivity index (χ4v) is 4.08. The lowest BCUT2D eigenvalue weighted by Crippen LogP contribution is -2.31. The topological polar surface area (TPSA) is 111 Å². The summed E-state index contributed by atoms with van der Waals surface area (Å²) in [5.74, 6) is -0.268. The van der Waals surface area contributed by atoms with Crippen molar-refractivity contribution in [3.05, 3.63) is 46.5 Å². The van der Waals surface area contributed by atoms with E-state index in [1.54, 1.807) is 4.57 Å². The molecule has 9 heteroatoms. The van der Waals surface area contributed by atoms with Gasteiger partial charge in [-0.15, -0.1) is 0 Å². The molecule has 2 saturated heterocycles. The summed E-state index contributed by atoms with van der Waals surface area (Å²) in [5.41, 5.74) is 2.20. The maximum Gasteiger partial charge on any atom is 0.278 e. The Balaban J connectivity index is 1.71. The average Bonchev–Trinajstić information content (AvgIpc) is 3.31. The highest BCUT2D eigenvalue weighted by atomic mass is 16.8. The van der Waals surface area contributed by atoms with Crippen molar-refractivity contribution in [2.45, 2.75) is 51.1 Å². The van der Waals surface area contributed by atoms with Crippen molar-refractivity contribution >= 4 is 11.2 Å². The van der Waals surface area contributed by atoms with Crippen LogP contribution in [0.1, 0.15) is 25.6 Å². The Hall–Kier alpha value is -2.59. The monoisotopic (exact) mass is 398 g/mol. The summed E-state index contributed by atoms with van der Waals surface area (Å²) in [6.07, 6.45) is -0.796. The van der Waals surface area contributed by atoms with E-state index in [1.807, 2.05) is 45.0 Å². The molecule has 1 aromatic carbocycles. The Labute approximate surface area is 166 Å². The second kappa shape index (κ2) is 6.46. The molecule has 4 atom stereocenters. The van der Waals surface area contributed by atoms with Crippen LogP contribution in [0.5, 0.6) is 0 Å². The van der Waals surface area contributed by atoms with Crippen molar-refractivity contribution in [1.82, 2.24) is 19.5 Å². The number of H-pyrrole nitrogens is 1. The number of hydrogen-bond donors (Lipinski definition) is 2. The van der Waals surface area contributed by atoms with Gasteiger partial charge in [0.1, 0.15) is 24.1 Å². The largest absolute Gasteiger partial charge is 0.394 e. The molecule has 2 aliphatic rings. The Bertz CT molecular complexity index is 1120. The molecule has 152 valence electrons. The zero-order valence-electron chi connectivity index (χ0n) is 16.3. The van der Waals surface area contributed by atoms with E-state index in [9.17, 15) is 9.90 Å². The van der Waals surface area contributed by atoms with Gasteiger partial charge in [0.25, 0.3) is 5.56 Å². The lowest BCUT2D eigenvalue weighted by Gasteiger charge is -2.25.